The minimum Gasteiger partial charge on any atom is -0.481 e. The van der Waals surface area contributed by atoms with Gasteiger partial charge in [0.2, 0.25) is 0 Å². The molecule has 0 saturated carbocycles. The molecule has 0 aliphatic rings. The molecule has 5 heteroatoms. The molecule has 2 atom stereocenters. The molecule has 1 rings (SSSR count). The first-order valence-corrected chi connectivity index (χ1v) is 6.00. The lowest BCUT2D eigenvalue weighted by atomic mass is 10.2. The van der Waals surface area contributed by atoms with Crippen LogP contribution in [0, 0.1) is 6.92 Å². The third-order valence-corrected chi connectivity index (χ3v) is 3.44. The quantitative estimate of drug-likeness (QED) is 0.709. The van der Waals surface area contributed by atoms with E-state index in [1.54, 1.807) is 11.3 Å². The second-order valence-corrected chi connectivity index (χ2v) is 5.15. The van der Waals surface area contributed by atoms with Crippen molar-refractivity contribution in [3.63, 3.8) is 0 Å². The smallest absolute Gasteiger partial charge is 0.306 e. The molecule has 1 heterocycles. The summed E-state index contributed by atoms with van der Waals surface area (Å²) in [7, 11) is 0. The summed E-state index contributed by atoms with van der Waals surface area (Å²) in [6, 6.07) is 4.23. The first-order valence-electron chi connectivity index (χ1n) is 5.18. The molecule has 0 fully saturated rings. The highest BCUT2D eigenvalue weighted by atomic mass is 32.1. The number of aliphatic hydroxyl groups is 1. The molecule has 90 valence electrons. The Bertz CT molecular complexity index is 351. The van der Waals surface area contributed by atoms with E-state index in [2.05, 4.69) is 5.32 Å². The number of aliphatic hydroxyl groups excluding tert-OH is 1. The van der Waals surface area contributed by atoms with Crippen molar-refractivity contribution in [2.24, 2.45) is 0 Å². The maximum atomic E-state index is 10.3. The van der Waals surface area contributed by atoms with Gasteiger partial charge in [0.15, 0.2) is 0 Å². The topological polar surface area (TPSA) is 69.6 Å². The number of hydrogen-bond donors (Lipinski definition) is 3. The Morgan fingerprint density at radius 3 is 2.75 bits per heavy atom. The lowest BCUT2D eigenvalue weighted by Gasteiger charge is -2.14. The predicted molar refractivity (Wildman–Crippen MR) is 63.7 cm³/mol. The summed E-state index contributed by atoms with van der Waals surface area (Å²) < 4.78 is 0. The van der Waals surface area contributed by atoms with Gasteiger partial charge in [-0.25, -0.2) is 0 Å². The first kappa shape index (κ1) is 13.2. The lowest BCUT2D eigenvalue weighted by Crippen LogP contribution is -2.30. The molecule has 0 saturated heterocycles. The number of nitrogens with one attached hydrogen (secondary N) is 1. The number of aryl methyl sites for hydroxylation is 1. The van der Waals surface area contributed by atoms with Crippen molar-refractivity contribution in [1.29, 1.82) is 0 Å². The molecular weight excluding hydrogens is 226 g/mol. The SMILES string of the molecule is Cc1ccc(C(C)NCC(O)CC(=O)O)s1. The fourth-order valence-corrected chi connectivity index (χ4v) is 2.28. The van der Waals surface area contributed by atoms with Crippen molar-refractivity contribution in [2.75, 3.05) is 6.54 Å². The molecule has 16 heavy (non-hydrogen) atoms. The van der Waals surface area contributed by atoms with Crippen LogP contribution < -0.4 is 5.32 Å². The highest BCUT2D eigenvalue weighted by Crippen LogP contribution is 2.22. The average Bonchev–Trinajstić information content (AvgIpc) is 2.60. The van der Waals surface area contributed by atoms with E-state index in [0.29, 0.717) is 6.54 Å². The molecule has 1 aromatic heterocycles. The Balaban J connectivity index is 2.35. The maximum absolute atomic E-state index is 10.3. The van der Waals surface area contributed by atoms with Crippen molar-refractivity contribution in [3.8, 4) is 0 Å². The van der Waals surface area contributed by atoms with Gasteiger partial charge in [-0.2, -0.15) is 0 Å². The van der Waals surface area contributed by atoms with Crippen LogP contribution in [0.25, 0.3) is 0 Å². The number of carbonyl (C=O) groups is 1. The minimum absolute atomic E-state index is 0.141. The van der Waals surface area contributed by atoms with Crippen LogP contribution in [0.5, 0.6) is 0 Å². The van der Waals surface area contributed by atoms with Crippen LogP contribution >= 0.6 is 11.3 Å². The normalized spacial score (nSPS) is 14.7. The molecule has 0 radical (unpaired) electrons. The second-order valence-electron chi connectivity index (χ2n) is 3.83. The van der Waals surface area contributed by atoms with Crippen LogP contribution in [0.4, 0.5) is 0 Å². The van der Waals surface area contributed by atoms with Gasteiger partial charge in [0.1, 0.15) is 0 Å². The predicted octanol–water partition coefficient (Wildman–Crippen LogP) is 1.54. The van der Waals surface area contributed by atoms with Crippen molar-refractivity contribution >= 4 is 17.3 Å². The van der Waals surface area contributed by atoms with E-state index in [-0.39, 0.29) is 12.5 Å². The molecule has 0 amide bonds. The third-order valence-electron chi connectivity index (χ3n) is 2.26. The number of hydrogen-bond acceptors (Lipinski definition) is 4. The molecule has 3 N–H and O–H groups in total. The van der Waals surface area contributed by atoms with Gasteiger partial charge in [0, 0.05) is 22.3 Å². The first-order chi connectivity index (χ1) is 7.49. The van der Waals surface area contributed by atoms with Gasteiger partial charge in [-0.15, -0.1) is 11.3 Å². The Hall–Kier alpha value is -0.910. The standard InChI is InChI=1S/C11H17NO3S/c1-7-3-4-10(16-7)8(2)12-6-9(13)5-11(14)15/h3-4,8-9,12-13H,5-6H2,1-2H3,(H,14,15). The van der Waals surface area contributed by atoms with Gasteiger partial charge >= 0.3 is 5.97 Å². The van der Waals surface area contributed by atoms with Crippen molar-refractivity contribution in [3.05, 3.63) is 21.9 Å². The largest absolute Gasteiger partial charge is 0.481 e. The summed E-state index contributed by atoms with van der Waals surface area (Å²) in [5.74, 6) is -0.978. The van der Waals surface area contributed by atoms with E-state index in [4.69, 9.17) is 5.11 Å². The zero-order valence-electron chi connectivity index (χ0n) is 9.43. The van der Waals surface area contributed by atoms with E-state index in [1.165, 1.54) is 9.75 Å². The Kier molecular flexibility index (Phi) is 4.92. The molecule has 0 aliphatic heterocycles. The van der Waals surface area contributed by atoms with E-state index >= 15 is 0 Å². The Morgan fingerprint density at radius 2 is 2.25 bits per heavy atom. The molecule has 0 bridgehead atoms. The zero-order valence-corrected chi connectivity index (χ0v) is 10.3. The van der Waals surface area contributed by atoms with Crippen LogP contribution in [0.3, 0.4) is 0 Å². The van der Waals surface area contributed by atoms with E-state index in [1.807, 2.05) is 26.0 Å². The zero-order chi connectivity index (χ0) is 12.1. The van der Waals surface area contributed by atoms with Gasteiger partial charge in [-0.05, 0) is 26.0 Å². The third kappa shape index (κ3) is 4.30. The molecule has 0 aromatic carbocycles. The summed E-state index contributed by atoms with van der Waals surface area (Å²) in [5, 5.41) is 21.0. The summed E-state index contributed by atoms with van der Waals surface area (Å²) in [6.07, 6.45) is -1.05. The fraction of sp³-hybridized carbons (Fsp3) is 0.545. The maximum Gasteiger partial charge on any atom is 0.306 e. The van der Waals surface area contributed by atoms with Crippen LogP contribution in [-0.2, 0) is 4.79 Å². The molecule has 0 aliphatic carbocycles. The Labute approximate surface area is 98.9 Å². The van der Waals surface area contributed by atoms with Gasteiger partial charge in [-0.3, -0.25) is 4.79 Å². The number of carboxylic acids is 1. The molecule has 2 unspecified atom stereocenters. The van der Waals surface area contributed by atoms with Crippen molar-refractivity contribution in [1.82, 2.24) is 5.32 Å². The van der Waals surface area contributed by atoms with E-state index < -0.39 is 12.1 Å². The second kappa shape index (κ2) is 5.98. The molecule has 1 aromatic rings. The molecule has 4 nitrogen and oxygen atoms in total. The minimum atomic E-state index is -0.978. The molecular formula is C11H17NO3S. The lowest BCUT2D eigenvalue weighted by molar-refractivity contribution is -0.139. The Morgan fingerprint density at radius 1 is 1.56 bits per heavy atom. The van der Waals surface area contributed by atoms with E-state index in [0.717, 1.165) is 0 Å². The summed E-state index contributed by atoms with van der Waals surface area (Å²) >= 11 is 1.70. The van der Waals surface area contributed by atoms with Gasteiger partial charge in [0.25, 0.3) is 0 Å². The van der Waals surface area contributed by atoms with Gasteiger partial charge in [0.05, 0.1) is 12.5 Å². The van der Waals surface area contributed by atoms with E-state index in [9.17, 15) is 9.90 Å². The van der Waals surface area contributed by atoms with Crippen molar-refractivity contribution < 1.29 is 15.0 Å². The molecule has 0 spiro atoms. The monoisotopic (exact) mass is 243 g/mol. The highest BCUT2D eigenvalue weighted by molar-refractivity contribution is 7.12. The van der Waals surface area contributed by atoms with Crippen LogP contribution in [-0.4, -0.2) is 28.8 Å². The van der Waals surface area contributed by atoms with Crippen LogP contribution in [0.2, 0.25) is 0 Å². The summed E-state index contributed by atoms with van der Waals surface area (Å²) in [4.78, 5) is 12.8. The average molecular weight is 243 g/mol. The fourth-order valence-electron chi connectivity index (χ4n) is 1.37. The number of aliphatic carboxylic acids is 1. The van der Waals surface area contributed by atoms with Crippen molar-refractivity contribution in [2.45, 2.75) is 32.4 Å². The number of carboxylic acid groups (broad SMARTS) is 1. The van der Waals surface area contributed by atoms with Crippen LogP contribution in [0.1, 0.15) is 29.1 Å². The highest BCUT2D eigenvalue weighted by Gasteiger charge is 2.12. The van der Waals surface area contributed by atoms with Gasteiger partial charge in [-0.1, -0.05) is 0 Å². The summed E-state index contributed by atoms with van der Waals surface area (Å²) in [5.41, 5.74) is 0. The number of thiophene rings is 1. The van der Waals surface area contributed by atoms with Crippen LogP contribution in [0.15, 0.2) is 12.1 Å². The van der Waals surface area contributed by atoms with Gasteiger partial charge < -0.3 is 15.5 Å². The number of rotatable bonds is 6. The summed E-state index contributed by atoms with van der Waals surface area (Å²) in [6.45, 7) is 4.34.